The van der Waals surface area contributed by atoms with E-state index in [1.807, 2.05) is 6.07 Å². The number of carboxylic acids is 1. The Morgan fingerprint density at radius 2 is 1.80 bits per heavy atom. The fraction of sp³-hybridized carbons (Fsp3) is 0.312. The Morgan fingerprint density at radius 3 is 2.48 bits per heavy atom. The summed E-state index contributed by atoms with van der Waals surface area (Å²) in [7, 11) is 0. The number of aromatic carboxylic acids is 1. The molecule has 0 spiro atoms. The number of nitrogens with one attached hydrogen (secondary N) is 2. The van der Waals surface area contributed by atoms with Gasteiger partial charge in [0.2, 0.25) is 0 Å². The Bertz CT molecular complexity index is 665. The van der Waals surface area contributed by atoms with Crippen LogP contribution in [0.4, 0.5) is 0 Å². The molecule has 1 heterocycles. The van der Waals surface area contributed by atoms with Gasteiger partial charge in [-0.05, 0) is 30.3 Å². The SMILES string of the molecule is Cl.Cl.O=C(O)c1ccc(Cl)c(-c2ccc(CNCCNCCO)o2)c1. The molecule has 2 rings (SSSR count). The van der Waals surface area contributed by atoms with Crippen LogP contribution in [0.15, 0.2) is 34.7 Å². The van der Waals surface area contributed by atoms with Gasteiger partial charge in [0, 0.05) is 25.2 Å². The van der Waals surface area contributed by atoms with Gasteiger partial charge in [0.05, 0.1) is 23.7 Å². The van der Waals surface area contributed by atoms with E-state index < -0.39 is 5.97 Å². The van der Waals surface area contributed by atoms with Crippen LogP contribution in [0.2, 0.25) is 5.02 Å². The maximum absolute atomic E-state index is 11.0. The quantitative estimate of drug-likeness (QED) is 0.474. The molecule has 0 saturated heterocycles. The Kier molecular flexibility index (Phi) is 11.5. The highest BCUT2D eigenvalue weighted by Gasteiger charge is 2.12. The molecule has 0 unspecified atom stereocenters. The maximum Gasteiger partial charge on any atom is 0.335 e. The molecule has 0 amide bonds. The highest BCUT2D eigenvalue weighted by Crippen LogP contribution is 2.30. The van der Waals surface area contributed by atoms with Crippen molar-refractivity contribution in [3.8, 4) is 11.3 Å². The van der Waals surface area contributed by atoms with Crippen LogP contribution < -0.4 is 10.6 Å². The second-order valence-electron chi connectivity index (χ2n) is 4.92. The standard InChI is InChI=1S/C16H19ClN2O4.2ClH/c17-14-3-1-11(16(21)22)9-13(14)15-4-2-12(23-15)10-19-6-5-18-7-8-20;;/h1-4,9,18-20H,5-8,10H2,(H,21,22);2*1H. The summed E-state index contributed by atoms with van der Waals surface area (Å²) in [5.41, 5.74) is 0.720. The van der Waals surface area contributed by atoms with E-state index in [9.17, 15) is 4.79 Å². The van der Waals surface area contributed by atoms with Crippen molar-refractivity contribution in [3.63, 3.8) is 0 Å². The molecule has 1 aromatic heterocycles. The Morgan fingerprint density at radius 1 is 1.08 bits per heavy atom. The van der Waals surface area contributed by atoms with E-state index in [4.69, 9.17) is 26.2 Å². The number of halogens is 3. The Labute approximate surface area is 163 Å². The minimum absolute atomic E-state index is 0. The Hall–Kier alpha value is -1.28. The minimum atomic E-state index is -1.01. The topological polar surface area (TPSA) is 94.7 Å². The molecule has 25 heavy (non-hydrogen) atoms. The van der Waals surface area contributed by atoms with Crippen LogP contribution >= 0.6 is 36.4 Å². The van der Waals surface area contributed by atoms with Crippen LogP contribution in [0, 0.1) is 0 Å². The molecule has 0 aliphatic carbocycles. The number of hydrogen-bond donors (Lipinski definition) is 4. The van der Waals surface area contributed by atoms with Crippen molar-refractivity contribution in [2.45, 2.75) is 6.54 Å². The average molecular weight is 412 g/mol. The van der Waals surface area contributed by atoms with Crippen molar-refractivity contribution in [1.29, 1.82) is 0 Å². The maximum atomic E-state index is 11.0. The first kappa shape index (κ1) is 23.7. The first-order valence-corrected chi connectivity index (χ1v) is 7.64. The van der Waals surface area contributed by atoms with E-state index in [-0.39, 0.29) is 37.0 Å². The second-order valence-corrected chi connectivity index (χ2v) is 5.32. The normalized spacial score (nSPS) is 10.0. The number of carbonyl (C=O) groups is 1. The third-order valence-electron chi connectivity index (χ3n) is 3.21. The van der Waals surface area contributed by atoms with Gasteiger partial charge in [0.1, 0.15) is 11.5 Å². The third-order valence-corrected chi connectivity index (χ3v) is 3.54. The molecule has 0 aliphatic heterocycles. The number of aliphatic hydroxyl groups excluding tert-OH is 1. The number of carboxylic acid groups (broad SMARTS) is 1. The van der Waals surface area contributed by atoms with Crippen molar-refractivity contribution >= 4 is 42.4 Å². The van der Waals surface area contributed by atoms with Crippen molar-refractivity contribution < 1.29 is 19.4 Å². The van der Waals surface area contributed by atoms with Crippen LogP contribution in [0.25, 0.3) is 11.3 Å². The zero-order valence-corrected chi connectivity index (χ0v) is 15.7. The van der Waals surface area contributed by atoms with Crippen LogP contribution in [-0.2, 0) is 6.54 Å². The highest BCUT2D eigenvalue weighted by molar-refractivity contribution is 6.33. The molecule has 0 radical (unpaired) electrons. The number of benzene rings is 1. The summed E-state index contributed by atoms with van der Waals surface area (Å²) in [5.74, 6) is 0.263. The number of furan rings is 1. The van der Waals surface area contributed by atoms with Crippen molar-refractivity contribution in [3.05, 3.63) is 46.7 Å². The summed E-state index contributed by atoms with van der Waals surface area (Å²) in [6.07, 6.45) is 0. The van der Waals surface area contributed by atoms with E-state index in [1.54, 1.807) is 12.1 Å². The molecule has 140 valence electrons. The lowest BCUT2D eigenvalue weighted by atomic mass is 10.1. The average Bonchev–Trinajstić information content (AvgIpc) is 2.99. The van der Waals surface area contributed by atoms with Crippen LogP contribution in [0.1, 0.15) is 16.1 Å². The molecular formula is C16H21Cl3N2O4. The fourth-order valence-electron chi connectivity index (χ4n) is 2.06. The van der Waals surface area contributed by atoms with E-state index in [2.05, 4.69) is 10.6 Å². The summed E-state index contributed by atoms with van der Waals surface area (Å²) in [5, 5.41) is 24.4. The summed E-state index contributed by atoms with van der Waals surface area (Å²) < 4.78 is 5.71. The summed E-state index contributed by atoms with van der Waals surface area (Å²) in [6.45, 7) is 2.74. The number of rotatable bonds is 9. The lowest BCUT2D eigenvalue weighted by Crippen LogP contribution is -2.28. The Balaban J connectivity index is 0.00000288. The van der Waals surface area contributed by atoms with Gasteiger partial charge in [0.25, 0.3) is 0 Å². The molecule has 4 N–H and O–H groups in total. The van der Waals surface area contributed by atoms with Crippen LogP contribution in [0.5, 0.6) is 0 Å². The number of aliphatic hydroxyl groups is 1. The predicted molar refractivity (Wildman–Crippen MR) is 102 cm³/mol. The predicted octanol–water partition coefficient (Wildman–Crippen LogP) is 2.81. The van der Waals surface area contributed by atoms with Gasteiger partial charge in [-0.2, -0.15) is 0 Å². The fourth-order valence-corrected chi connectivity index (χ4v) is 2.27. The van der Waals surface area contributed by atoms with Gasteiger partial charge in [-0.3, -0.25) is 0 Å². The molecule has 6 nitrogen and oxygen atoms in total. The zero-order chi connectivity index (χ0) is 16.7. The molecule has 0 bridgehead atoms. The summed E-state index contributed by atoms with van der Waals surface area (Å²) in [6, 6.07) is 8.10. The van der Waals surface area contributed by atoms with E-state index >= 15 is 0 Å². The van der Waals surface area contributed by atoms with Crippen LogP contribution in [0.3, 0.4) is 0 Å². The van der Waals surface area contributed by atoms with Gasteiger partial charge in [0.15, 0.2) is 0 Å². The molecule has 9 heteroatoms. The molecule has 0 fully saturated rings. The van der Waals surface area contributed by atoms with Gasteiger partial charge in [-0.1, -0.05) is 11.6 Å². The minimum Gasteiger partial charge on any atom is -0.478 e. The van der Waals surface area contributed by atoms with E-state index in [1.165, 1.54) is 12.1 Å². The molecule has 1 aromatic carbocycles. The first-order chi connectivity index (χ1) is 11.1. The van der Waals surface area contributed by atoms with Crippen molar-refractivity contribution in [2.75, 3.05) is 26.2 Å². The highest BCUT2D eigenvalue weighted by atomic mass is 35.5. The summed E-state index contributed by atoms with van der Waals surface area (Å²) in [4.78, 5) is 11.0. The zero-order valence-electron chi connectivity index (χ0n) is 13.3. The smallest absolute Gasteiger partial charge is 0.335 e. The molecule has 0 aliphatic rings. The lowest BCUT2D eigenvalue weighted by molar-refractivity contribution is 0.0697. The molecule has 0 atom stereocenters. The molecule has 0 saturated carbocycles. The van der Waals surface area contributed by atoms with Crippen molar-refractivity contribution in [2.24, 2.45) is 0 Å². The van der Waals surface area contributed by atoms with E-state index in [0.29, 0.717) is 29.4 Å². The third kappa shape index (κ3) is 7.23. The van der Waals surface area contributed by atoms with Crippen LogP contribution in [-0.4, -0.2) is 42.4 Å². The summed E-state index contributed by atoms with van der Waals surface area (Å²) >= 11 is 6.12. The first-order valence-electron chi connectivity index (χ1n) is 7.26. The second kappa shape index (κ2) is 12.1. The monoisotopic (exact) mass is 410 g/mol. The number of hydrogen-bond acceptors (Lipinski definition) is 5. The van der Waals surface area contributed by atoms with Gasteiger partial charge < -0.3 is 25.3 Å². The molecular weight excluding hydrogens is 391 g/mol. The van der Waals surface area contributed by atoms with Crippen molar-refractivity contribution in [1.82, 2.24) is 10.6 Å². The van der Waals surface area contributed by atoms with Gasteiger partial charge >= 0.3 is 5.97 Å². The molecule has 2 aromatic rings. The van der Waals surface area contributed by atoms with E-state index in [0.717, 1.165) is 18.8 Å². The largest absolute Gasteiger partial charge is 0.478 e. The lowest BCUT2D eigenvalue weighted by Gasteiger charge is -2.05. The van der Waals surface area contributed by atoms with Gasteiger partial charge in [-0.15, -0.1) is 24.8 Å². The van der Waals surface area contributed by atoms with Gasteiger partial charge in [-0.25, -0.2) is 4.79 Å².